The molecule has 0 bridgehead atoms. The lowest BCUT2D eigenvalue weighted by Gasteiger charge is -2.02. The minimum Gasteiger partial charge on any atom is -0.415 e. The topological polar surface area (TPSA) is 38.9 Å². The van der Waals surface area contributed by atoms with Crippen LogP contribution in [0.25, 0.3) is 0 Å². The highest BCUT2D eigenvalue weighted by Gasteiger charge is 2.19. The van der Waals surface area contributed by atoms with Crippen LogP contribution in [0.3, 0.4) is 0 Å². The van der Waals surface area contributed by atoms with Gasteiger partial charge in [-0.3, -0.25) is 0 Å². The number of thioether (sulfide) groups is 2. The van der Waals surface area contributed by atoms with Gasteiger partial charge >= 0.3 is 0 Å². The summed E-state index contributed by atoms with van der Waals surface area (Å²) in [6.07, 6.45) is 7.33. The number of rotatable bonds is 4. The first-order chi connectivity index (χ1) is 6.88. The maximum atomic E-state index is 5.51. The van der Waals surface area contributed by atoms with E-state index in [4.69, 9.17) is 4.42 Å². The monoisotopic (exact) mass is 230 g/mol. The SMILES string of the molecule is CSCc1nnc(SC2CCCC2)o1. The molecule has 1 saturated carbocycles. The van der Waals surface area contributed by atoms with E-state index in [2.05, 4.69) is 10.2 Å². The Hall–Kier alpha value is -0.160. The zero-order valence-corrected chi connectivity index (χ0v) is 9.87. The molecule has 1 aromatic rings. The molecule has 1 aromatic heterocycles. The molecule has 0 atom stereocenters. The van der Waals surface area contributed by atoms with Crippen molar-refractivity contribution in [1.82, 2.24) is 10.2 Å². The summed E-state index contributed by atoms with van der Waals surface area (Å²) in [5.74, 6) is 1.57. The first-order valence-corrected chi connectivity index (χ1v) is 7.14. The summed E-state index contributed by atoms with van der Waals surface area (Å²) < 4.78 is 5.51. The van der Waals surface area contributed by atoms with Crippen LogP contribution in [0.2, 0.25) is 0 Å². The fourth-order valence-electron chi connectivity index (χ4n) is 1.62. The highest BCUT2D eigenvalue weighted by atomic mass is 32.2. The molecule has 3 nitrogen and oxygen atoms in total. The molecule has 14 heavy (non-hydrogen) atoms. The molecule has 0 amide bonds. The van der Waals surface area contributed by atoms with E-state index in [1.807, 2.05) is 6.26 Å². The molecule has 78 valence electrons. The predicted molar refractivity (Wildman–Crippen MR) is 59.6 cm³/mol. The van der Waals surface area contributed by atoms with Gasteiger partial charge in [-0.1, -0.05) is 24.6 Å². The van der Waals surface area contributed by atoms with Crippen LogP contribution in [0.4, 0.5) is 0 Å². The van der Waals surface area contributed by atoms with Crippen LogP contribution in [0.1, 0.15) is 31.6 Å². The summed E-state index contributed by atoms with van der Waals surface area (Å²) in [4.78, 5) is 0. The van der Waals surface area contributed by atoms with Crippen LogP contribution < -0.4 is 0 Å². The van der Waals surface area contributed by atoms with Crippen LogP contribution in [-0.4, -0.2) is 21.7 Å². The molecule has 0 saturated heterocycles. The van der Waals surface area contributed by atoms with E-state index < -0.39 is 0 Å². The van der Waals surface area contributed by atoms with Crippen molar-refractivity contribution in [3.8, 4) is 0 Å². The minimum absolute atomic E-state index is 0.706. The number of nitrogens with zero attached hydrogens (tertiary/aromatic N) is 2. The predicted octanol–water partition coefficient (Wildman–Crippen LogP) is 2.97. The Morgan fingerprint density at radius 1 is 1.36 bits per heavy atom. The highest BCUT2D eigenvalue weighted by molar-refractivity contribution is 7.99. The molecule has 1 aliphatic rings. The zero-order valence-electron chi connectivity index (χ0n) is 8.23. The largest absolute Gasteiger partial charge is 0.415 e. The van der Waals surface area contributed by atoms with Crippen molar-refractivity contribution in [2.75, 3.05) is 6.26 Å². The summed E-state index contributed by atoms with van der Waals surface area (Å²) >= 11 is 3.45. The molecule has 0 aromatic carbocycles. The van der Waals surface area contributed by atoms with E-state index in [1.54, 1.807) is 23.5 Å². The molecule has 0 unspecified atom stereocenters. The second kappa shape index (κ2) is 5.07. The first-order valence-electron chi connectivity index (χ1n) is 4.86. The van der Waals surface area contributed by atoms with Gasteiger partial charge in [-0.2, -0.15) is 11.8 Å². The van der Waals surface area contributed by atoms with E-state index in [-0.39, 0.29) is 0 Å². The lowest BCUT2D eigenvalue weighted by Crippen LogP contribution is -1.92. The summed E-state index contributed by atoms with van der Waals surface area (Å²) in [6.45, 7) is 0. The van der Waals surface area contributed by atoms with Crippen molar-refractivity contribution < 1.29 is 4.42 Å². The van der Waals surface area contributed by atoms with Crippen molar-refractivity contribution in [3.63, 3.8) is 0 Å². The number of aromatic nitrogens is 2. The third-order valence-corrected chi connectivity index (χ3v) is 3.99. The van der Waals surface area contributed by atoms with Gasteiger partial charge in [-0.25, -0.2) is 0 Å². The van der Waals surface area contributed by atoms with Crippen LogP contribution in [0, 0.1) is 0 Å². The minimum atomic E-state index is 0.706. The van der Waals surface area contributed by atoms with Gasteiger partial charge in [0.1, 0.15) is 0 Å². The molecule has 1 heterocycles. The van der Waals surface area contributed by atoms with E-state index in [0.717, 1.165) is 16.9 Å². The summed E-state index contributed by atoms with van der Waals surface area (Å²) in [7, 11) is 0. The molecule has 0 spiro atoms. The summed E-state index contributed by atoms with van der Waals surface area (Å²) in [5.41, 5.74) is 0. The Kier molecular flexibility index (Phi) is 3.75. The van der Waals surface area contributed by atoms with Crippen LogP contribution in [0.15, 0.2) is 9.64 Å². The molecule has 0 radical (unpaired) electrons. The van der Waals surface area contributed by atoms with Gasteiger partial charge in [-0.15, -0.1) is 10.2 Å². The van der Waals surface area contributed by atoms with Crippen LogP contribution >= 0.6 is 23.5 Å². The molecule has 0 N–H and O–H groups in total. The van der Waals surface area contributed by atoms with Crippen molar-refractivity contribution in [1.29, 1.82) is 0 Å². The smallest absolute Gasteiger partial charge is 0.276 e. The Morgan fingerprint density at radius 3 is 2.86 bits per heavy atom. The average molecular weight is 230 g/mol. The number of hydrogen-bond acceptors (Lipinski definition) is 5. The zero-order chi connectivity index (χ0) is 9.80. The Labute approximate surface area is 92.4 Å². The normalized spacial score (nSPS) is 17.8. The first kappa shape index (κ1) is 10.4. The second-order valence-corrected chi connectivity index (χ2v) is 5.54. The second-order valence-electron chi connectivity index (χ2n) is 3.42. The van der Waals surface area contributed by atoms with Crippen molar-refractivity contribution in [2.45, 2.75) is 41.9 Å². The molecule has 2 rings (SSSR count). The molecule has 5 heteroatoms. The lowest BCUT2D eigenvalue weighted by atomic mass is 10.4. The Balaban J connectivity index is 1.88. The maximum absolute atomic E-state index is 5.51. The number of hydrogen-bond donors (Lipinski definition) is 0. The van der Waals surface area contributed by atoms with Gasteiger partial charge in [0.25, 0.3) is 5.22 Å². The average Bonchev–Trinajstić information content (AvgIpc) is 2.79. The van der Waals surface area contributed by atoms with Gasteiger partial charge in [-0.05, 0) is 19.1 Å². The highest BCUT2D eigenvalue weighted by Crippen LogP contribution is 2.33. The van der Waals surface area contributed by atoms with Crippen molar-refractivity contribution >= 4 is 23.5 Å². The van der Waals surface area contributed by atoms with Crippen LogP contribution in [0.5, 0.6) is 0 Å². The van der Waals surface area contributed by atoms with E-state index >= 15 is 0 Å². The van der Waals surface area contributed by atoms with Gasteiger partial charge in [0.05, 0.1) is 5.75 Å². The molecule has 0 aliphatic heterocycles. The maximum Gasteiger partial charge on any atom is 0.276 e. The third-order valence-electron chi connectivity index (χ3n) is 2.29. The van der Waals surface area contributed by atoms with Crippen molar-refractivity contribution in [3.05, 3.63) is 5.89 Å². The molecular formula is C9H14N2OS2. The Bertz CT molecular complexity index is 284. The fraction of sp³-hybridized carbons (Fsp3) is 0.778. The molecular weight excluding hydrogens is 216 g/mol. The Morgan fingerprint density at radius 2 is 2.14 bits per heavy atom. The van der Waals surface area contributed by atoms with Gasteiger partial charge in [0.15, 0.2) is 0 Å². The van der Waals surface area contributed by atoms with Gasteiger partial charge in [0.2, 0.25) is 5.89 Å². The quantitative estimate of drug-likeness (QED) is 0.795. The summed E-state index contributed by atoms with van der Waals surface area (Å²) in [6, 6.07) is 0. The summed E-state index contributed by atoms with van der Waals surface area (Å²) in [5, 5.41) is 9.48. The van der Waals surface area contributed by atoms with Crippen molar-refractivity contribution in [2.24, 2.45) is 0 Å². The fourth-order valence-corrected chi connectivity index (χ4v) is 3.07. The lowest BCUT2D eigenvalue weighted by molar-refractivity contribution is 0.425. The molecule has 1 aliphatic carbocycles. The van der Waals surface area contributed by atoms with E-state index in [9.17, 15) is 0 Å². The van der Waals surface area contributed by atoms with Gasteiger partial charge in [0, 0.05) is 5.25 Å². The standard InChI is InChI=1S/C9H14N2OS2/c1-13-6-8-10-11-9(12-8)14-7-4-2-3-5-7/h7H,2-6H2,1H3. The van der Waals surface area contributed by atoms with E-state index in [0.29, 0.717) is 5.25 Å². The van der Waals surface area contributed by atoms with Crippen LogP contribution in [-0.2, 0) is 5.75 Å². The van der Waals surface area contributed by atoms with Gasteiger partial charge < -0.3 is 4.42 Å². The third kappa shape index (κ3) is 2.67. The molecule has 1 fully saturated rings. The van der Waals surface area contributed by atoms with E-state index in [1.165, 1.54) is 25.7 Å².